The summed E-state index contributed by atoms with van der Waals surface area (Å²) < 4.78 is 13.8. The maximum atomic E-state index is 13.8. The van der Waals surface area contributed by atoms with Gasteiger partial charge in [0.05, 0.1) is 5.56 Å². The standard InChI is InChI=1S/C15H21FN2O/c1-15(2,3)10-6-7-18(9-10)14(19)12-5-4-11(17)8-13(12)16/h4-5,8,10H,6-7,9,17H2,1-3H3. The summed E-state index contributed by atoms with van der Waals surface area (Å²) in [5.74, 6) is -0.304. The zero-order valence-electron chi connectivity index (χ0n) is 11.7. The second-order valence-electron chi connectivity index (χ2n) is 6.34. The molecule has 4 heteroatoms. The summed E-state index contributed by atoms with van der Waals surface area (Å²) in [5.41, 5.74) is 6.12. The van der Waals surface area contributed by atoms with Gasteiger partial charge in [0.1, 0.15) is 5.82 Å². The first kappa shape index (κ1) is 13.8. The molecule has 104 valence electrons. The number of amides is 1. The van der Waals surface area contributed by atoms with E-state index in [-0.39, 0.29) is 16.9 Å². The molecule has 2 N–H and O–H groups in total. The van der Waals surface area contributed by atoms with E-state index < -0.39 is 5.82 Å². The number of nitrogens with zero attached hydrogens (tertiary/aromatic N) is 1. The van der Waals surface area contributed by atoms with Gasteiger partial charge >= 0.3 is 0 Å². The van der Waals surface area contributed by atoms with E-state index in [2.05, 4.69) is 20.8 Å². The van der Waals surface area contributed by atoms with Gasteiger partial charge in [0.15, 0.2) is 0 Å². The van der Waals surface area contributed by atoms with Crippen molar-refractivity contribution in [3.05, 3.63) is 29.6 Å². The molecule has 3 nitrogen and oxygen atoms in total. The van der Waals surface area contributed by atoms with Crippen molar-refractivity contribution in [1.82, 2.24) is 4.90 Å². The van der Waals surface area contributed by atoms with Crippen LogP contribution in [0.3, 0.4) is 0 Å². The fraction of sp³-hybridized carbons (Fsp3) is 0.533. The van der Waals surface area contributed by atoms with E-state index in [0.29, 0.717) is 24.7 Å². The third-order valence-electron chi connectivity index (χ3n) is 3.92. The normalized spacial score (nSPS) is 19.8. The zero-order valence-corrected chi connectivity index (χ0v) is 11.7. The fourth-order valence-electron chi connectivity index (χ4n) is 2.53. The number of nitrogen functional groups attached to an aromatic ring is 1. The predicted octanol–water partition coefficient (Wildman–Crippen LogP) is 2.92. The Morgan fingerprint density at radius 2 is 2.11 bits per heavy atom. The highest BCUT2D eigenvalue weighted by atomic mass is 19.1. The molecule has 0 radical (unpaired) electrons. The number of hydrogen-bond donors (Lipinski definition) is 1. The Kier molecular flexibility index (Phi) is 3.52. The fourth-order valence-corrected chi connectivity index (χ4v) is 2.53. The summed E-state index contributed by atoms with van der Waals surface area (Å²) in [5, 5.41) is 0. The van der Waals surface area contributed by atoms with E-state index in [1.807, 2.05) is 0 Å². The molecule has 1 heterocycles. The van der Waals surface area contributed by atoms with Gasteiger partial charge in [-0.15, -0.1) is 0 Å². The van der Waals surface area contributed by atoms with Gasteiger partial charge in [-0.3, -0.25) is 4.79 Å². The van der Waals surface area contributed by atoms with Crippen LogP contribution in [0.4, 0.5) is 10.1 Å². The van der Waals surface area contributed by atoms with Crippen LogP contribution in [-0.4, -0.2) is 23.9 Å². The highest BCUT2D eigenvalue weighted by molar-refractivity contribution is 5.95. The average Bonchev–Trinajstić information content (AvgIpc) is 2.76. The van der Waals surface area contributed by atoms with Crippen LogP contribution < -0.4 is 5.73 Å². The topological polar surface area (TPSA) is 46.3 Å². The number of halogens is 1. The number of benzene rings is 1. The van der Waals surface area contributed by atoms with Crippen molar-refractivity contribution < 1.29 is 9.18 Å². The Labute approximate surface area is 113 Å². The van der Waals surface area contributed by atoms with Crippen molar-refractivity contribution in [2.75, 3.05) is 18.8 Å². The van der Waals surface area contributed by atoms with Gasteiger partial charge in [-0.1, -0.05) is 20.8 Å². The van der Waals surface area contributed by atoms with Gasteiger partial charge in [-0.2, -0.15) is 0 Å². The molecule has 1 amide bonds. The van der Waals surface area contributed by atoms with Crippen molar-refractivity contribution in [3.63, 3.8) is 0 Å². The van der Waals surface area contributed by atoms with Gasteiger partial charge in [0, 0.05) is 18.8 Å². The van der Waals surface area contributed by atoms with E-state index >= 15 is 0 Å². The molecule has 0 saturated carbocycles. The minimum Gasteiger partial charge on any atom is -0.399 e. The van der Waals surface area contributed by atoms with Crippen LogP contribution in [0, 0.1) is 17.2 Å². The molecule has 1 atom stereocenters. The molecule has 1 aromatic rings. The van der Waals surface area contributed by atoms with Crippen LogP contribution in [-0.2, 0) is 0 Å². The van der Waals surface area contributed by atoms with E-state index in [4.69, 9.17) is 5.73 Å². The van der Waals surface area contributed by atoms with Crippen molar-refractivity contribution in [3.8, 4) is 0 Å². The molecule has 0 bridgehead atoms. The molecule has 0 aromatic heterocycles. The lowest BCUT2D eigenvalue weighted by Gasteiger charge is -2.27. The Morgan fingerprint density at radius 1 is 1.42 bits per heavy atom. The number of rotatable bonds is 1. The Hall–Kier alpha value is -1.58. The van der Waals surface area contributed by atoms with Gasteiger partial charge in [-0.05, 0) is 36.0 Å². The summed E-state index contributed by atoms with van der Waals surface area (Å²) in [6, 6.07) is 4.23. The molecule has 2 rings (SSSR count). The van der Waals surface area contributed by atoms with Gasteiger partial charge < -0.3 is 10.6 Å². The number of hydrogen-bond acceptors (Lipinski definition) is 2. The first-order valence-corrected chi connectivity index (χ1v) is 6.63. The van der Waals surface area contributed by atoms with Crippen molar-refractivity contribution >= 4 is 11.6 Å². The van der Waals surface area contributed by atoms with Crippen LogP contribution in [0.1, 0.15) is 37.6 Å². The van der Waals surface area contributed by atoms with Crippen molar-refractivity contribution in [2.45, 2.75) is 27.2 Å². The van der Waals surface area contributed by atoms with Crippen LogP contribution in [0.5, 0.6) is 0 Å². The molecule has 1 aliphatic heterocycles. The minimum atomic E-state index is -0.538. The number of nitrogens with two attached hydrogens (primary N) is 1. The third-order valence-corrected chi connectivity index (χ3v) is 3.92. The number of carbonyl (C=O) groups excluding carboxylic acids is 1. The third kappa shape index (κ3) is 2.88. The molecule has 1 aromatic carbocycles. The molecule has 1 fully saturated rings. The highest BCUT2D eigenvalue weighted by Crippen LogP contribution is 2.34. The van der Waals surface area contributed by atoms with Gasteiger partial charge in [0.25, 0.3) is 5.91 Å². The van der Waals surface area contributed by atoms with Crippen molar-refractivity contribution in [1.29, 1.82) is 0 Å². The Morgan fingerprint density at radius 3 is 2.63 bits per heavy atom. The maximum absolute atomic E-state index is 13.8. The summed E-state index contributed by atoms with van der Waals surface area (Å²) in [4.78, 5) is 14.0. The quantitative estimate of drug-likeness (QED) is 0.793. The minimum absolute atomic E-state index is 0.115. The van der Waals surface area contributed by atoms with Crippen LogP contribution in [0.25, 0.3) is 0 Å². The van der Waals surface area contributed by atoms with E-state index in [0.717, 1.165) is 6.42 Å². The summed E-state index contributed by atoms with van der Waals surface area (Å²) in [6.45, 7) is 7.93. The van der Waals surface area contributed by atoms with E-state index in [9.17, 15) is 9.18 Å². The molecule has 1 unspecified atom stereocenters. The summed E-state index contributed by atoms with van der Waals surface area (Å²) >= 11 is 0. The monoisotopic (exact) mass is 264 g/mol. The lowest BCUT2D eigenvalue weighted by Crippen LogP contribution is -2.31. The second-order valence-corrected chi connectivity index (χ2v) is 6.34. The zero-order chi connectivity index (χ0) is 14.2. The number of anilines is 1. The van der Waals surface area contributed by atoms with Crippen molar-refractivity contribution in [2.24, 2.45) is 11.3 Å². The summed E-state index contributed by atoms with van der Waals surface area (Å²) in [7, 11) is 0. The van der Waals surface area contributed by atoms with Gasteiger partial charge in [-0.25, -0.2) is 4.39 Å². The largest absolute Gasteiger partial charge is 0.399 e. The maximum Gasteiger partial charge on any atom is 0.256 e. The lowest BCUT2D eigenvalue weighted by atomic mass is 9.80. The van der Waals surface area contributed by atoms with Crippen LogP contribution >= 0.6 is 0 Å². The molecule has 1 aliphatic rings. The Balaban J connectivity index is 2.14. The second kappa shape index (κ2) is 4.83. The van der Waals surface area contributed by atoms with Gasteiger partial charge in [0.2, 0.25) is 0 Å². The predicted molar refractivity (Wildman–Crippen MR) is 74.3 cm³/mol. The SMILES string of the molecule is CC(C)(C)C1CCN(C(=O)c2ccc(N)cc2F)C1. The first-order valence-electron chi connectivity index (χ1n) is 6.63. The smallest absolute Gasteiger partial charge is 0.256 e. The van der Waals surface area contributed by atoms with Crippen LogP contribution in [0.2, 0.25) is 0 Å². The number of carbonyl (C=O) groups is 1. The van der Waals surface area contributed by atoms with E-state index in [1.165, 1.54) is 12.1 Å². The average molecular weight is 264 g/mol. The highest BCUT2D eigenvalue weighted by Gasteiger charge is 2.34. The number of likely N-dealkylation sites (tertiary alicyclic amines) is 1. The van der Waals surface area contributed by atoms with Crippen LogP contribution in [0.15, 0.2) is 18.2 Å². The molecular weight excluding hydrogens is 243 g/mol. The Bertz CT molecular complexity index is 493. The molecular formula is C15H21FN2O. The van der Waals surface area contributed by atoms with E-state index in [1.54, 1.807) is 11.0 Å². The summed E-state index contributed by atoms with van der Waals surface area (Å²) in [6.07, 6.45) is 0.978. The molecule has 19 heavy (non-hydrogen) atoms. The lowest BCUT2D eigenvalue weighted by molar-refractivity contribution is 0.0772. The molecule has 0 spiro atoms. The molecule has 0 aliphatic carbocycles. The molecule has 1 saturated heterocycles. The first-order chi connectivity index (χ1) is 8.79.